The van der Waals surface area contributed by atoms with Crippen LogP contribution in [-0.4, -0.2) is 67.2 Å². The number of benzene rings is 2. The van der Waals surface area contributed by atoms with Crippen molar-refractivity contribution in [1.82, 2.24) is 4.98 Å². The van der Waals surface area contributed by atoms with Gasteiger partial charge < -0.3 is 35.0 Å². The molecule has 4 rings (SSSR count). The van der Waals surface area contributed by atoms with Crippen LogP contribution in [0.3, 0.4) is 0 Å². The van der Waals surface area contributed by atoms with Crippen molar-refractivity contribution in [1.29, 1.82) is 0 Å². The van der Waals surface area contributed by atoms with Crippen LogP contribution < -0.4 is 4.74 Å². The van der Waals surface area contributed by atoms with Gasteiger partial charge in [-0.05, 0) is 47.5 Å². The van der Waals surface area contributed by atoms with E-state index in [-0.39, 0.29) is 17.4 Å². The summed E-state index contributed by atoms with van der Waals surface area (Å²) in [5.41, 5.74) is 2.58. The topological polar surface area (TPSA) is 150 Å². The first kappa shape index (κ1) is 22.7. The molecule has 1 fully saturated rings. The Morgan fingerprint density at radius 2 is 1.52 bits per heavy atom. The number of carbonyl (C=O) groups is 1. The number of rotatable bonds is 6. The van der Waals surface area contributed by atoms with Gasteiger partial charge in [0.1, 0.15) is 29.8 Å². The first-order valence-electron chi connectivity index (χ1n) is 10.2. The lowest BCUT2D eigenvalue weighted by Gasteiger charge is -2.38. The van der Waals surface area contributed by atoms with Crippen LogP contribution in [0.1, 0.15) is 22.7 Å². The van der Waals surface area contributed by atoms with Crippen LogP contribution in [0.15, 0.2) is 72.9 Å². The van der Waals surface area contributed by atoms with Crippen LogP contribution in [-0.2, 0) is 9.53 Å². The highest BCUT2D eigenvalue weighted by Crippen LogP contribution is 2.33. The number of aliphatic hydroxyl groups excluding tert-OH is 3. The summed E-state index contributed by atoms with van der Waals surface area (Å²) in [6.45, 7) is 0. The van der Waals surface area contributed by atoms with Gasteiger partial charge in [0, 0.05) is 6.20 Å². The van der Waals surface area contributed by atoms with E-state index in [1.54, 1.807) is 42.6 Å². The maximum atomic E-state index is 11.3. The smallest absolute Gasteiger partial charge is 0.335 e. The third-order valence-corrected chi connectivity index (χ3v) is 5.49. The number of nitrogens with zero attached hydrogens (tertiary/aromatic N) is 1. The Hall–Kier alpha value is -3.50. The molecule has 0 bridgehead atoms. The molecule has 3 aromatic rings. The molecule has 0 saturated carbocycles. The van der Waals surface area contributed by atoms with Gasteiger partial charge in [-0.25, -0.2) is 4.79 Å². The van der Waals surface area contributed by atoms with Crippen molar-refractivity contribution in [3.05, 3.63) is 89.7 Å². The van der Waals surface area contributed by atoms with E-state index in [1.165, 1.54) is 0 Å². The summed E-state index contributed by atoms with van der Waals surface area (Å²) in [7, 11) is 0. The van der Waals surface area contributed by atoms with Crippen LogP contribution in [0.25, 0.3) is 0 Å². The maximum absolute atomic E-state index is 11.3. The van der Waals surface area contributed by atoms with Crippen molar-refractivity contribution in [2.24, 2.45) is 0 Å². The standard InChI is InChI=1S/C24H23NO8/c26-15-8-4-13(5-9-15)18(17-3-1-2-12-25-17)14-6-10-16(11-7-14)32-24-21(29)19(27)20(28)22(33-24)23(30)31/h1-12,18-22,24,26-29H,(H,30,31)/t18?,19?,20-,21?,22?,24+/m0/s1. The summed E-state index contributed by atoms with van der Waals surface area (Å²) < 4.78 is 10.7. The van der Waals surface area contributed by atoms with E-state index in [4.69, 9.17) is 9.47 Å². The van der Waals surface area contributed by atoms with Gasteiger partial charge in [-0.15, -0.1) is 0 Å². The van der Waals surface area contributed by atoms with Gasteiger partial charge >= 0.3 is 5.97 Å². The molecule has 2 heterocycles. The van der Waals surface area contributed by atoms with E-state index in [0.29, 0.717) is 0 Å². The number of carboxylic acids is 1. The Kier molecular flexibility index (Phi) is 6.57. The molecule has 172 valence electrons. The lowest BCUT2D eigenvalue weighted by Crippen LogP contribution is -2.61. The molecule has 0 spiro atoms. The summed E-state index contributed by atoms with van der Waals surface area (Å²) >= 11 is 0. The van der Waals surface area contributed by atoms with Crippen molar-refractivity contribution in [3.63, 3.8) is 0 Å². The zero-order valence-electron chi connectivity index (χ0n) is 17.3. The van der Waals surface area contributed by atoms with Crippen LogP contribution in [0.2, 0.25) is 0 Å². The van der Waals surface area contributed by atoms with E-state index in [0.717, 1.165) is 16.8 Å². The number of aromatic nitrogens is 1. The largest absolute Gasteiger partial charge is 0.508 e. The average molecular weight is 453 g/mol. The number of aromatic hydroxyl groups is 1. The summed E-state index contributed by atoms with van der Waals surface area (Å²) in [6, 6.07) is 19.2. The number of hydrogen-bond acceptors (Lipinski definition) is 8. The van der Waals surface area contributed by atoms with Gasteiger partial charge in [0.2, 0.25) is 6.29 Å². The molecule has 1 aliphatic rings. The zero-order valence-corrected chi connectivity index (χ0v) is 17.3. The van der Waals surface area contributed by atoms with Gasteiger partial charge in [0.05, 0.1) is 11.6 Å². The molecular weight excluding hydrogens is 430 g/mol. The molecule has 9 heteroatoms. The van der Waals surface area contributed by atoms with Gasteiger partial charge in [0.25, 0.3) is 0 Å². The number of phenols is 1. The van der Waals surface area contributed by atoms with Gasteiger partial charge in [-0.2, -0.15) is 0 Å². The fourth-order valence-corrected chi connectivity index (χ4v) is 3.77. The molecule has 2 aromatic carbocycles. The number of ether oxygens (including phenoxy) is 2. The van der Waals surface area contributed by atoms with Crippen LogP contribution in [0.4, 0.5) is 0 Å². The molecule has 1 aliphatic heterocycles. The SMILES string of the molecule is O=C(O)C1O[C@@H](Oc2ccc(C(c3ccc(O)cc3)c3ccccn3)cc2)C(O)C(O)[C@@H]1O. The van der Waals surface area contributed by atoms with E-state index in [9.17, 15) is 30.3 Å². The van der Waals surface area contributed by atoms with E-state index in [1.807, 2.05) is 30.3 Å². The highest BCUT2D eigenvalue weighted by atomic mass is 16.7. The molecule has 9 nitrogen and oxygen atoms in total. The maximum Gasteiger partial charge on any atom is 0.335 e. The van der Waals surface area contributed by atoms with Gasteiger partial charge in [-0.1, -0.05) is 30.3 Å². The number of carboxylic acid groups (broad SMARTS) is 1. The summed E-state index contributed by atoms with van der Waals surface area (Å²) in [4.78, 5) is 15.7. The quantitative estimate of drug-likeness (QED) is 0.371. The second-order valence-electron chi connectivity index (χ2n) is 7.70. The summed E-state index contributed by atoms with van der Waals surface area (Å²) in [5, 5.41) is 48.7. The second-order valence-corrected chi connectivity index (χ2v) is 7.70. The van der Waals surface area contributed by atoms with Crippen LogP contribution >= 0.6 is 0 Å². The molecule has 5 N–H and O–H groups in total. The molecule has 0 radical (unpaired) electrons. The fourth-order valence-electron chi connectivity index (χ4n) is 3.77. The Morgan fingerprint density at radius 3 is 2.09 bits per heavy atom. The third-order valence-electron chi connectivity index (χ3n) is 5.49. The van der Waals surface area contributed by atoms with E-state index >= 15 is 0 Å². The van der Waals surface area contributed by atoms with Gasteiger partial charge in [0.15, 0.2) is 6.10 Å². The molecule has 0 aliphatic carbocycles. The minimum atomic E-state index is -1.79. The molecular formula is C24H23NO8. The first-order valence-corrected chi connectivity index (χ1v) is 10.2. The minimum Gasteiger partial charge on any atom is -0.508 e. The molecule has 1 saturated heterocycles. The van der Waals surface area contributed by atoms with Crippen molar-refractivity contribution in [3.8, 4) is 11.5 Å². The second kappa shape index (κ2) is 9.55. The normalized spacial score (nSPS) is 25.8. The number of aliphatic carboxylic acids is 1. The number of hydrogen-bond donors (Lipinski definition) is 5. The Balaban J connectivity index is 1.58. The van der Waals surface area contributed by atoms with Crippen LogP contribution in [0.5, 0.6) is 11.5 Å². The molecule has 33 heavy (non-hydrogen) atoms. The summed E-state index contributed by atoms with van der Waals surface area (Å²) in [5.74, 6) is -1.29. The Bertz CT molecular complexity index is 1070. The third kappa shape index (κ3) is 4.81. The van der Waals surface area contributed by atoms with Crippen molar-refractivity contribution < 1.29 is 39.8 Å². The summed E-state index contributed by atoms with van der Waals surface area (Å²) in [6.07, 6.45) is -6.71. The lowest BCUT2D eigenvalue weighted by molar-refractivity contribution is -0.271. The molecule has 6 atom stereocenters. The van der Waals surface area contributed by atoms with Gasteiger partial charge in [-0.3, -0.25) is 4.98 Å². The monoisotopic (exact) mass is 453 g/mol. The predicted octanol–water partition coefficient (Wildman–Crippen LogP) is 1.24. The predicted molar refractivity (Wildman–Crippen MR) is 115 cm³/mol. The van der Waals surface area contributed by atoms with E-state index < -0.39 is 36.7 Å². The van der Waals surface area contributed by atoms with Crippen molar-refractivity contribution in [2.45, 2.75) is 36.6 Å². The highest BCUT2D eigenvalue weighted by molar-refractivity contribution is 5.73. The molecule has 0 amide bonds. The minimum absolute atomic E-state index is 0.153. The van der Waals surface area contributed by atoms with Crippen LogP contribution in [0, 0.1) is 0 Å². The Labute approximate surface area is 189 Å². The van der Waals surface area contributed by atoms with Crippen molar-refractivity contribution in [2.75, 3.05) is 0 Å². The molecule has 4 unspecified atom stereocenters. The average Bonchev–Trinajstić information content (AvgIpc) is 2.82. The lowest BCUT2D eigenvalue weighted by atomic mass is 9.88. The number of aliphatic hydroxyl groups is 3. The Morgan fingerprint density at radius 1 is 0.879 bits per heavy atom. The fraction of sp³-hybridized carbons (Fsp3) is 0.250. The van der Waals surface area contributed by atoms with Crippen molar-refractivity contribution >= 4 is 5.97 Å². The number of phenolic OH excluding ortho intramolecular Hbond substituents is 1. The van der Waals surface area contributed by atoms with E-state index in [2.05, 4.69) is 4.98 Å². The number of pyridine rings is 1. The first-order chi connectivity index (χ1) is 15.8. The molecule has 1 aromatic heterocycles. The highest BCUT2D eigenvalue weighted by Gasteiger charge is 2.48. The zero-order chi connectivity index (χ0) is 23.5.